The number of nitrogens with zero attached hydrogens (tertiary/aromatic N) is 2. The molecular formula is C18H23N3O5. The van der Waals surface area contributed by atoms with E-state index in [4.69, 9.17) is 14.7 Å². The van der Waals surface area contributed by atoms with Gasteiger partial charge in [0, 0.05) is 31.6 Å². The van der Waals surface area contributed by atoms with Gasteiger partial charge in [-0.3, -0.25) is 4.79 Å². The maximum atomic E-state index is 12.6. The molecule has 1 aromatic carbocycles. The first-order valence-corrected chi connectivity index (χ1v) is 8.39. The summed E-state index contributed by atoms with van der Waals surface area (Å²) in [7, 11) is 2.86. The molecule has 2 N–H and O–H groups in total. The first-order chi connectivity index (χ1) is 12.5. The number of hydrogen-bond donors (Lipinski definition) is 2. The topological polar surface area (TPSA) is 112 Å². The average Bonchev–Trinajstić information content (AvgIpc) is 2.65. The summed E-state index contributed by atoms with van der Waals surface area (Å²) in [6.45, 7) is 2.06. The molecule has 1 atom stereocenters. The average molecular weight is 361 g/mol. The first-order valence-electron chi connectivity index (χ1n) is 8.39. The van der Waals surface area contributed by atoms with E-state index in [1.165, 1.54) is 26.4 Å². The van der Waals surface area contributed by atoms with Crippen molar-refractivity contribution in [3.8, 4) is 17.6 Å². The van der Waals surface area contributed by atoms with Gasteiger partial charge in [-0.05, 0) is 19.4 Å². The Balaban J connectivity index is 2.17. The van der Waals surface area contributed by atoms with Gasteiger partial charge in [0.1, 0.15) is 0 Å². The molecule has 0 aromatic heterocycles. The number of amides is 1. The second kappa shape index (κ2) is 9.06. The second-order valence-electron chi connectivity index (χ2n) is 6.10. The maximum Gasteiger partial charge on any atom is 0.337 e. The van der Waals surface area contributed by atoms with E-state index in [0.717, 1.165) is 19.4 Å². The lowest BCUT2D eigenvalue weighted by Crippen LogP contribution is -2.41. The fraction of sp³-hybridized carbons (Fsp3) is 0.500. The molecule has 140 valence electrons. The van der Waals surface area contributed by atoms with Crippen LogP contribution >= 0.6 is 0 Å². The Morgan fingerprint density at radius 2 is 2.04 bits per heavy atom. The van der Waals surface area contributed by atoms with Crippen LogP contribution in [0.1, 0.15) is 29.6 Å². The predicted molar refractivity (Wildman–Crippen MR) is 94.5 cm³/mol. The summed E-state index contributed by atoms with van der Waals surface area (Å²) in [5, 5.41) is 20.9. The van der Waals surface area contributed by atoms with Crippen LogP contribution in [0.3, 0.4) is 0 Å². The lowest BCUT2D eigenvalue weighted by atomic mass is 9.96. The van der Waals surface area contributed by atoms with Crippen LogP contribution in [0.25, 0.3) is 0 Å². The summed E-state index contributed by atoms with van der Waals surface area (Å²) in [5.41, 5.74) is 0.113. The molecule has 1 heterocycles. The minimum Gasteiger partial charge on any atom is -0.493 e. The Labute approximate surface area is 152 Å². The van der Waals surface area contributed by atoms with Crippen LogP contribution < -0.4 is 14.8 Å². The Morgan fingerprint density at radius 3 is 2.65 bits per heavy atom. The number of benzene rings is 1. The number of carboxylic acid groups (broad SMARTS) is 1. The maximum absolute atomic E-state index is 12.6. The predicted octanol–water partition coefficient (Wildman–Crippen LogP) is 1.97. The van der Waals surface area contributed by atoms with Gasteiger partial charge in [-0.25, -0.2) is 4.79 Å². The van der Waals surface area contributed by atoms with Crippen molar-refractivity contribution >= 4 is 17.6 Å². The fourth-order valence-corrected chi connectivity index (χ4v) is 3.07. The molecule has 0 radical (unpaired) electrons. The molecule has 2 rings (SSSR count). The number of carboxylic acids is 1. The van der Waals surface area contributed by atoms with Crippen LogP contribution in [0.15, 0.2) is 12.1 Å². The first kappa shape index (κ1) is 19.5. The van der Waals surface area contributed by atoms with Gasteiger partial charge in [0.2, 0.25) is 5.91 Å². The summed E-state index contributed by atoms with van der Waals surface area (Å²) in [6.07, 6.45) is 2.01. The molecule has 0 aliphatic carbocycles. The van der Waals surface area contributed by atoms with E-state index in [-0.39, 0.29) is 28.8 Å². The molecule has 0 spiro atoms. The molecule has 1 unspecified atom stereocenters. The molecule has 1 aromatic rings. The van der Waals surface area contributed by atoms with Crippen molar-refractivity contribution in [3.63, 3.8) is 0 Å². The highest BCUT2D eigenvalue weighted by atomic mass is 16.5. The number of rotatable bonds is 7. The van der Waals surface area contributed by atoms with Gasteiger partial charge in [-0.1, -0.05) is 0 Å². The number of methoxy groups -OCH3 is 2. The van der Waals surface area contributed by atoms with Crippen LogP contribution in [0.5, 0.6) is 11.5 Å². The van der Waals surface area contributed by atoms with Crippen molar-refractivity contribution in [2.75, 3.05) is 39.2 Å². The van der Waals surface area contributed by atoms with Crippen molar-refractivity contribution in [1.82, 2.24) is 4.90 Å². The standard InChI is InChI=1S/C18H23N3O5/c1-25-15-9-13(18(23)24)14(10-16(15)26-2)20-17(22)12-5-3-7-21(11-12)8-4-6-19/h9-10,12H,3-5,7-8,11H2,1-2H3,(H,20,22)(H,23,24). The van der Waals surface area contributed by atoms with E-state index in [2.05, 4.69) is 16.3 Å². The zero-order valence-electron chi connectivity index (χ0n) is 14.9. The summed E-state index contributed by atoms with van der Waals surface area (Å²) < 4.78 is 10.3. The Hall–Kier alpha value is -2.79. The summed E-state index contributed by atoms with van der Waals surface area (Å²) in [6, 6.07) is 4.89. The molecule has 1 aliphatic rings. The molecule has 1 saturated heterocycles. The molecule has 0 saturated carbocycles. The third kappa shape index (κ3) is 4.64. The number of aromatic carboxylic acids is 1. The van der Waals surface area contributed by atoms with E-state index in [9.17, 15) is 14.7 Å². The van der Waals surface area contributed by atoms with E-state index >= 15 is 0 Å². The Bertz CT molecular complexity index is 714. The second-order valence-corrected chi connectivity index (χ2v) is 6.10. The van der Waals surface area contributed by atoms with E-state index in [1.807, 2.05) is 0 Å². The molecule has 1 fully saturated rings. The van der Waals surface area contributed by atoms with E-state index in [0.29, 0.717) is 25.3 Å². The lowest BCUT2D eigenvalue weighted by molar-refractivity contribution is -0.121. The Kier molecular flexibility index (Phi) is 6.81. The summed E-state index contributed by atoms with van der Waals surface area (Å²) in [4.78, 5) is 26.3. The van der Waals surface area contributed by atoms with Gasteiger partial charge in [0.25, 0.3) is 0 Å². The SMILES string of the molecule is COc1cc(NC(=O)C2CCCN(CCC#N)C2)c(C(=O)O)cc1OC. The van der Waals surface area contributed by atoms with Crippen molar-refractivity contribution in [2.45, 2.75) is 19.3 Å². The van der Waals surface area contributed by atoms with Crippen LogP contribution in [-0.4, -0.2) is 55.7 Å². The number of carbonyl (C=O) groups is 2. The summed E-state index contributed by atoms with van der Waals surface area (Å²) >= 11 is 0. The van der Waals surface area contributed by atoms with E-state index < -0.39 is 5.97 Å². The molecule has 26 heavy (non-hydrogen) atoms. The van der Waals surface area contributed by atoms with Crippen LogP contribution in [0, 0.1) is 17.2 Å². The van der Waals surface area contributed by atoms with Gasteiger partial charge in [-0.15, -0.1) is 0 Å². The van der Waals surface area contributed by atoms with Gasteiger partial charge in [0.05, 0.1) is 37.5 Å². The van der Waals surface area contributed by atoms with Crippen LogP contribution in [0.2, 0.25) is 0 Å². The van der Waals surface area contributed by atoms with E-state index in [1.54, 1.807) is 0 Å². The number of hydrogen-bond acceptors (Lipinski definition) is 6. The number of likely N-dealkylation sites (tertiary alicyclic amines) is 1. The smallest absolute Gasteiger partial charge is 0.337 e. The van der Waals surface area contributed by atoms with Gasteiger partial charge >= 0.3 is 5.97 Å². The van der Waals surface area contributed by atoms with Crippen LogP contribution in [0.4, 0.5) is 5.69 Å². The zero-order chi connectivity index (χ0) is 19.1. The lowest BCUT2D eigenvalue weighted by Gasteiger charge is -2.31. The van der Waals surface area contributed by atoms with Gasteiger partial charge in [-0.2, -0.15) is 5.26 Å². The number of ether oxygens (including phenoxy) is 2. The highest BCUT2D eigenvalue weighted by Gasteiger charge is 2.27. The normalized spacial score (nSPS) is 17.2. The van der Waals surface area contributed by atoms with Crippen molar-refractivity contribution < 1.29 is 24.2 Å². The quantitative estimate of drug-likeness (QED) is 0.763. The van der Waals surface area contributed by atoms with Crippen molar-refractivity contribution in [3.05, 3.63) is 17.7 Å². The highest BCUT2D eigenvalue weighted by molar-refractivity contribution is 6.02. The number of carbonyl (C=O) groups excluding carboxylic acids is 1. The monoisotopic (exact) mass is 361 g/mol. The van der Waals surface area contributed by atoms with Gasteiger partial charge in [0.15, 0.2) is 11.5 Å². The fourth-order valence-electron chi connectivity index (χ4n) is 3.07. The molecule has 8 heteroatoms. The van der Waals surface area contributed by atoms with Crippen molar-refractivity contribution in [2.24, 2.45) is 5.92 Å². The molecule has 1 amide bonds. The minimum atomic E-state index is -1.17. The largest absolute Gasteiger partial charge is 0.493 e. The minimum absolute atomic E-state index is 0.0619. The number of anilines is 1. The van der Waals surface area contributed by atoms with Gasteiger partial charge < -0.3 is 24.8 Å². The zero-order valence-corrected chi connectivity index (χ0v) is 14.9. The third-order valence-electron chi connectivity index (χ3n) is 4.43. The highest BCUT2D eigenvalue weighted by Crippen LogP contribution is 2.34. The van der Waals surface area contributed by atoms with Crippen LogP contribution in [-0.2, 0) is 4.79 Å². The third-order valence-corrected chi connectivity index (χ3v) is 4.43. The molecule has 0 bridgehead atoms. The van der Waals surface area contributed by atoms with Crippen molar-refractivity contribution in [1.29, 1.82) is 5.26 Å². The number of piperidine rings is 1. The number of nitrogens with one attached hydrogen (secondary N) is 1. The Morgan fingerprint density at radius 1 is 1.35 bits per heavy atom. The molecule has 8 nitrogen and oxygen atoms in total. The molecule has 1 aliphatic heterocycles. The number of nitriles is 1. The summed E-state index contributed by atoms with van der Waals surface area (Å²) in [5.74, 6) is -1.03. The molecular weight excluding hydrogens is 338 g/mol.